The highest BCUT2D eigenvalue weighted by molar-refractivity contribution is 9.10. The fourth-order valence-electron chi connectivity index (χ4n) is 2.84. The van der Waals surface area contributed by atoms with Gasteiger partial charge in [-0.15, -0.1) is 0 Å². The van der Waals surface area contributed by atoms with E-state index >= 15 is 0 Å². The average molecular weight is 296 g/mol. The Bertz CT molecular complexity index is 444. The van der Waals surface area contributed by atoms with E-state index in [1.54, 1.807) is 0 Å². The Balaban J connectivity index is 1.88. The number of hydrogen-bond donors (Lipinski definition) is 1. The van der Waals surface area contributed by atoms with Crippen LogP contribution in [-0.2, 0) is 0 Å². The number of nitrogens with two attached hydrogens (primary N) is 1. The molecule has 1 aliphatic carbocycles. The summed E-state index contributed by atoms with van der Waals surface area (Å²) in [6, 6.07) is 6.23. The standard InChI is InChI=1S/C14H18BrNO/c1-14(7-9-2-3-9)8-12(16)11-6-10(15)4-5-13(11)17-14/h4-6,9,12H,2-3,7-8,16H2,1H3. The molecule has 1 heterocycles. The molecular formula is C14H18BrNO. The average Bonchev–Trinajstić information content (AvgIpc) is 3.03. The summed E-state index contributed by atoms with van der Waals surface area (Å²) in [5, 5.41) is 0. The second kappa shape index (κ2) is 3.99. The first-order chi connectivity index (χ1) is 8.06. The first-order valence-corrected chi connectivity index (χ1v) is 7.09. The second-order valence-electron chi connectivity index (χ2n) is 5.69. The SMILES string of the molecule is CC1(CC2CC2)CC(N)c2cc(Br)ccc2O1. The molecule has 3 rings (SSSR count). The van der Waals surface area contributed by atoms with Gasteiger partial charge in [-0.3, -0.25) is 0 Å². The van der Waals surface area contributed by atoms with Gasteiger partial charge in [-0.1, -0.05) is 28.8 Å². The maximum Gasteiger partial charge on any atom is 0.124 e. The Hall–Kier alpha value is -0.540. The Labute approximate surface area is 111 Å². The van der Waals surface area contributed by atoms with Crippen molar-refractivity contribution in [1.82, 2.24) is 0 Å². The van der Waals surface area contributed by atoms with Gasteiger partial charge < -0.3 is 10.5 Å². The number of halogens is 1. The fourth-order valence-corrected chi connectivity index (χ4v) is 3.22. The molecule has 2 aliphatic rings. The molecule has 92 valence electrons. The Morgan fingerprint density at radius 1 is 1.47 bits per heavy atom. The molecule has 0 spiro atoms. The summed E-state index contributed by atoms with van der Waals surface area (Å²) in [7, 11) is 0. The molecule has 1 aliphatic heterocycles. The van der Waals surface area contributed by atoms with Crippen molar-refractivity contribution in [3.8, 4) is 5.75 Å². The molecule has 17 heavy (non-hydrogen) atoms. The van der Waals surface area contributed by atoms with Gasteiger partial charge in [-0.05, 0) is 37.5 Å². The topological polar surface area (TPSA) is 35.2 Å². The number of hydrogen-bond acceptors (Lipinski definition) is 2. The van der Waals surface area contributed by atoms with Crippen molar-refractivity contribution < 1.29 is 4.74 Å². The maximum atomic E-state index is 6.29. The van der Waals surface area contributed by atoms with Gasteiger partial charge in [0.25, 0.3) is 0 Å². The summed E-state index contributed by atoms with van der Waals surface area (Å²) < 4.78 is 7.27. The smallest absolute Gasteiger partial charge is 0.124 e. The molecule has 2 N–H and O–H groups in total. The van der Waals surface area contributed by atoms with E-state index in [-0.39, 0.29) is 11.6 Å². The quantitative estimate of drug-likeness (QED) is 0.901. The van der Waals surface area contributed by atoms with Crippen LogP contribution >= 0.6 is 15.9 Å². The highest BCUT2D eigenvalue weighted by Crippen LogP contribution is 2.46. The van der Waals surface area contributed by atoms with E-state index in [2.05, 4.69) is 28.9 Å². The van der Waals surface area contributed by atoms with Crippen LogP contribution in [0.4, 0.5) is 0 Å². The van der Waals surface area contributed by atoms with Crippen molar-refractivity contribution in [3.63, 3.8) is 0 Å². The maximum absolute atomic E-state index is 6.29. The van der Waals surface area contributed by atoms with E-state index in [4.69, 9.17) is 10.5 Å². The van der Waals surface area contributed by atoms with Crippen LogP contribution in [0.25, 0.3) is 0 Å². The van der Waals surface area contributed by atoms with Gasteiger partial charge in [0.15, 0.2) is 0 Å². The van der Waals surface area contributed by atoms with Crippen LogP contribution < -0.4 is 10.5 Å². The minimum Gasteiger partial charge on any atom is -0.487 e. The van der Waals surface area contributed by atoms with E-state index in [0.717, 1.165) is 34.5 Å². The van der Waals surface area contributed by atoms with Crippen LogP contribution in [0.3, 0.4) is 0 Å². The van der Waals surface area contributed by atoms with Crippen molar-refractivity contribution in [2.45, 2.75) is 44.2 Å². The molecule has 1 fully saturated rings. The summed E-state index contributed by atoms with van der Waals surface area (Å²) in [4.78, 5) is 0. The predicted molar refractivity (Wildman–Crippen MR) is 72.1 cm³/mol. The molecule has 0 bridgehead atoms. The van der Waals surface area contributed by atoms with E-state index in [0.29, 0.717) is 0 Å². The normalized spacial score (nSPS) is 31.8. The van der Waals surface area contributed by atoms with Crippen LogP contribution in [0.2, 0.25) is 0 Å². The summed E-state index contributed by atoms with van der Waals surface area (Å²) >= 11 is 3.49. The summed E-state index contributed by atoms with van der Waals surface area (Å²) in [6.45, 7) is 2.20. The number of fused-ring (bicyclic) bond motifs is 1. The molecule has 2 nitrogen and oxygen atoms in total. The highest BCUT2D eigenvalue weighted by atomic mass is 79.9. The minimum absolute atomic E-state index is 0.0680. The zero-order chi connectivity index (χ0) is 12.0. The van der Waals surface area contributed by atoms with E-state index < -0.39 is 0 Å². The van der Waals surface area contributed by atoms with Crippen molar-refractivity contribution in [3.05, 3.63) is 28.2 Å². The first-order valence-electron chi connectivity index (χ1n) is 6.30. The molecule has 1 saturated carbocycles. The molecule has 3 heteroatoms. The third-order valence-electron chi connectivity index (χ3n) is 3.80. The van der Waals surface area contributed by atoms with Crippen molar-refractivity contribution >= 4 is 15.9 Å². The van der Waals surface area contributed by atoms with Crippen LogP contribution in [0, 0.1) is 5.92 Å². The van der Waals surface area contributed by atoms with Crippen LogP contribution in [-0.4, -0.2) is 5.60 Å². The monoisotopic (exact) mass is 295 g/mol. The van der Waals surface area contributed by atoms with Gasteiger partial charge in [0.1, 0.15) is 11.4 Å². The zero-order valence-electron chi connectivity index (χ0n) is 10.1. The largest absolute Gasteiger partial charge is 0.487 e. The van der Waals surface area contributed by atoms with Crippen molar-refractivity contribution in [1.29, 1.82) is 0 Å². The zero-order valence-corrected chi connectivity index (χ0v) is 11.7. The van der Waals surface area contributed by atoms with Gasteiger partial charge in [0.2, 0.25) is 0 Å². The number of rotatable bonds is 2. The lowest BCUT2D eigenvalue weighted by molar-refractivity contribution is 0.0402. The summed E-state index contributed by atoms with van der Waals surface area (Å²) in [5.41, 5.74) is 7.35. The molecule has 1 aromatic carbocycles. The minimum atomic E-state index is -0.0680. The number of benzene rings is 1. The molecule has 0 aromatic heterocycles. The lowest BCUT2D eigenvalue weighted by Crippen LogP contribution is -2.40. The second-order valence-corrected chi connectivity index (χ2v) is 6.61. The Kier molecular flexibility index (Phi) is 2.71. The summed E-state index contributed by atoms with van der Waals surface area (Å²) in [5.74, 6) is 1.83. The van der Waals surface area contributed by atoms with Crippen molar-refractivity contribution in [2.75, 3.05) is 0 Å². The molecule has 0 saturated heterocycles. The molecule has 2 atom stereocenters. The Morgan fingerprint density at radius 2 is 2.24 bits per heavy atom. The number of ether oxygens (including phenoxy) is 1. The van der Waals surface area contributed by atoms with E-state index in [1.165, 1.54) is 12.8 Å². The van der Waals surface area contributed by atoms with Gasteiger partial charge in [0, 0.05) is 22.5 Å². The highest BCUT2D eigenvalue weighted by Gasteiger charge is 2.40. The fraction of sp³-hybridized carbons (Fsp3) is 0.571. The summed E-state index contributed by atoms with van der Waals surface area (Å²) in [6.07, 6.45) is 4.80. The van der Waals surface area contributed by atoms with Crippen LogP contribution in [0.15, 0.2) is 22.7 Å². The lowest BCUT2D eigenvalue weighted by Gasteiger charge is -2.39. The first kappa shape index (κ1) is 11.5. The molecule has 0 amide bonds. The van der Waals surface area contributed by atoms with Gasteiger partial charge in [-0.25, -0.2) is 0 Å². The van der Waals surface area contributed by atoms with Gasteiger partial charge >= 0.3 is 0 Å². The van der Waals surface area contributed by atoms with Crippen LogP contribution in [0.1, 0.15) is 44.2 Å². The molecule has 0 radical (unpaired) electrons. The third kappa shape index (κ3) is 2.36. The van der Waals surface area contributed by atoms with Crippen LogP contribution in [0.5, 0.6) is 5.75 Å². The van der Waals surface area contributed by atoms with E-state index in [1.807, 2.05) is 12.1 Å². The molecule has 2 unspecified atom stereocenters. The lowest BCUT2D eigenvalue weighted by atomic mass is 9.85. The van der Waals surface area contributed by atoms with Crippen molar-refractivity contribution in [2.24, 2.45) is 11.7 Å². The van der Waals surface area contributed by atoms with E-state index in [9.17, 15) is 0 Å². The predicted octanol–water partition coefficient (Wildman–Crippen LogP) is 3.79. The van der Waals surface area contributed by atoms with Gasteiger partial charge in [-0.2, -0.15) is 0 Å². The molecular weight excluding hydrogens is 278 g/mol. The molecule has 1 aromatic rings. The Morgan fingerprint density at radius 3 is 2.94 bits per heavy atom. The van der Waals surface area contributed by atoms with Gasteiger partial charge in [0.05, 0.1) is 0 Å². The third-order valence-corrected chi connectivity index (χ3v) is 4.29.